The molecule has 1 aliphatic rings. The first-order valence-corrected chi connectivity index (χ1v) is 11.8. The Morgan fingerprint density at radius 1 is 1.06 bits per heavy atom. The molecule has 33 heavy (non-hydrogen) atoms. The van der Waals surface area contributed by atoms with E-state index in [9.17, 15) is 4.79 Å². The lowest BCUT2D eigenvalue weighted by Gasteiger charge is -2.45. The van der Waals surface area contributed by atoms with Gasteiger partial charge in [-0.2, -0.15) is 0 Å². The predicted octanol–water partition coefficient (Wildman–Crippen LogP) is 4.43. The third-order valence-electron chi connectivity index (χ3n) is 6.67. The van der Waals surface area contributed by atoms with Gasteiger partial charge in [-0.1, -0.05) is 13.0 Å². The van der Waals surface area contributed by atoms with E-state index in [2.05, 4.69) is 46.6 Å². The van der Waals surface area contributed by atoms with Crippen molar-refractivity contribution in [2.75, 3.05) is 24.5 Å². The van der Waals surface area contributed by atoms with E-state index in [0.717, 1.165) is 54.2 Å². The predicted molar refractivity (Wildman–Crippen MR) is 132 cm³/mol. The molecule has 0 saturated carbocycles. The number of hydrogen-bond acceptors (Lipinski definition) is 6. The molecule has 2 atom stereocenters. The zero-order chi connectivity index (χ0) is 23.3. The van der Waals surface area contributed by atoms with Crippen LogP contribution in [0.1, 0.15) is 38.6 Å². The maximum absolute atomic E-state index is 13.0. The second-order valence-electron chi connectivity index (χ2n) is 9.34. The van der Waals surface area contributed by atoms with E-state index in [-0.39, 0.29) is 5.63 Å². The van der Waals surface area contributed by atoms with Gasteiger partial charge in [-0.25, -0.2) is 9.78 Å². The largest absolute Gasteiger partial charge is 0.421 e. The van der Waals surface area contributed by atoms with Crippen molar-refractivity contribution in [3.05, 3.63) is 58.5 Å². The Hall–Kier alpha value is -3.19. The van der Waals surface area contributed by atoms with Gasteiger partial charge in [0.15, 0.2) is 11.4 Å². The highest BCUT2D eigenvalue weighted by molar-refractivity contribution is 5.87. The summed E-state index contributed by atoms with van der Waals surface area (Å²) >= 11 is 0. The summed E-state index contributed by atoms with van der Waals surface area (Å²) in [6.45, 7) is 13.7. The van der Waals surface area contributed by atoms with Crippen molar-refractivity contribution in [3.8, 4) is 11.5 Å². The second kappa shape index (κ2) is 8.30. The minimum Gasteiger partial charge on any atom is -0.421 e. The third-order valence-corrected chi connectivity index (χ3v) is 6.67. The van der Waals surface area contributed by atoms with Crippen LogP contribution in [0.3, 0.4) is 0 Å². The van der Waals surface area contributed by atoms with Crippen LogP contribution in [0.5, 0.6) is 0 Å². The number of nitrogens with zero attached hydrogens (tertiary/aromatic N) is 5. The Morgan fingerprint density at radius 2 is 1.82 bits per heavy atom. The van der Waals surface area contributed by atoms with Gasteiger partial charge < -0.3 is 13.7 Å². The monoisotopic (exact) mass is 445 g/mol. The van der Waals surface area contributed by atoms with Gasteiger partial charge in [0.2, 0.25) is 0 Å². The fourth-order valence-corrected chi connectivity index (χ4v) is 5.18. The molecule has 3 aromatic heterocycles. The molecular formula is C26H31N5O2. The molecule has 0 N–H and O–H groups in total. The fraction of sp³-hybridized carbons (Fsp3) is 0.423. The van der Waals surface area contributed by atoms with Crippen LogP contribution in [0.2, 0.25) is 0 Å². The van der Waals surface area contributed by atoms with Gasteiger partial charge in [0.1, 0.15) is 5.69 Å². The highest BCUT2D eigenvalue weighted by Crippen LogP contribution is 2.28. The average molecular weight is 446 g/mol. The van der Waals surface area contributed by atoms with Gasteiger partial charge in [-0.15, -0.1) is 0 Å². The molecule has 1 saturated heterocycles. The summed E-state index contributed by atoms with van der Waals surface area (Å²) in [4.78, 5) is 27.1. The van der Waals surface area contributed by atoms with Crippen molar-refractivity contribution in [1.29, 1.82) is 0 Å². The first kappa shape index (κ1) is 21.6. The molecule has 5 rings (SSSR count). The van der Waals surface area contributed by atoms with Crippen molar-refractivity contribution >= 4 is 22.1 Å². The van der Waals surface area contributed by atoms with Crippen LogP contribution in [-0.4, -0.2) is 51.0 Å². The minimum absolute atomic E-state index is 0.335. The van der Waals surface area contributed by atoms with Crippen LogP contribution in [-0.2, 0) is 0 Å². The molecular weight excluding hydrogens is 414 g/mol. The summed E-state index contributed by atoms with van der Waals surface area (Å²) in [5.74, 6) is 0.469. The molecule has 172 valence electrons. The number of hydrogen-bond donors (Lipinski definition) is 0. The molecule has 1 fully saturated rings. The maximum atomic E-state index is 13.0. The van der Waals surface area contributed by atoms with E-state index < -0.39 is 0 Å². The van der Waals surface area contributed by atoms with Crippen LogP contribution in [0.15, 0.2) is 45.9 Å². The Bertz CT molecular complexity index is 1380. The van der Waals surface area contributed by atoms with Gasteiger partial charge in [-0.3, -0.25) is 9.88 Å². The molecule has 7 nitrogen and oxygen atoms in total. The molecule has 0 aliphatic carbocycles. The molecule has 0 spiro atoms. The topological polar surface area (TPSA) is 66.9 Å². The number of aromatic nitrogens is 3. The smallest absolute Gasteiger partial charge is 0.344 e. The fourth-order valence-electron chi connectivity index (χ4n) is 5.18. The van der Waals surface area contributed by atoms with Crippen LogP contribution in [0.25, 0.3) is 27.9 Å². The Labute approximate surface area is 193 Å². The van der Waals surface area contributed by atoms with Gasteiger partial charge in [-0.05, 0) is 64.2 Å². The molecule has 4 aromatic rings. The summed E-state index contributed by atoms with van der Waals surface area (Å²) in [6.07, 6.45) is 4.97. The Morgan fingerprint density at radius 3 is 2.55 bits per heavy atom. The van der Waals surface area contributed by atoms with Crippen molar-refractivity contribution < 1.29 is 4.42 Å². The molecule has 2 unspecified atom stereocenters. The number of rotatable bonds is 4. The van der Waals surface area contributed by atoms with Crippen LogP contribution < -0.4 is 10.5 Å². The number of piperazine rings is 1. The second-order valence-corrected chi connectivity index (χ2v) is 9.34. The molecule has 1 aromatic carbocycles. The summed E-state index contributed by atoms with van der Waals surface area (Å²) in [5.41, 5.74) is 3.88. The SMILES string of the molecule is CCCN1C(C)CN(c2ccc3cc(-c4cn5cc(C)nc(C)c5n4)oc(=O)c3c2)CC1C. The third kappa shape index (κ3) is 3.91. The van der Waals surface area contributed by atoms with E-state index in [4.69, 9.17) is 4.42 Å². The molecule has 0 bridgehead atoms. The zero-order valence-electron chi connectivity index (χ0n) is 20.0. The van der Waals surface area contributed by atoms with Gasteiger partial charge in [0.25, 0.3) is 0 Å². The lowest BCUT2D eigenvalue weighted by Crippen LogP contribution is -2.56. The average Bonchev–Trinajstić information content (AvgIpc) is 3.20. The molecule has 7 heteroatoms. The normalized spacial score (nSPS) is 19.6. The molecule has 4 heterocycles. The number of aryl methyl sites for hydroxylation is 2. The van der Waals surface area contributed by atoms with E-state index in [1.54, 1.807) is 0 Å². The molecule has 0 radical (unpaired) electrons. The van der Waals surface area contributed by atoms with Crippen LogP contribution >= 0.6 is 0 Å². The minimum atomic E-state index is -0.335. The van der Waals surface area contributed by atoms with Crippen LogP contribution in [0, 0.1) is 13.8 Å². The first-order chi connectivity index (χ1) is 15.8. The van der Waals surface area contributed by atoms with Crippen LogP contribution in [0.4, 0.5) is 5.69 Å². The standard InChI is InChI=1S/C26H31N5O2/c1-6-9-31-17(3)13-29(14-18(31)4)21-8-7-20-10-24(33-26(32)22(20)11-21)23-15-30-12-16(2)27-19(5)25(30)28-23/h7-8,10-12,15,17-18H,6,9,13-14H2,1-5H3. The summed E-state index contributed by atoms with van der Waals surface area (Å²) in [7, 11) is 0. The maximum Gasteiger partial charge on any atom is 0.344 e. The Kier molecular flexibility index (Phi) is 5.44. The number of imidazole rings is 1. The quantitative estimate of drug-likeness (QED) is 0.463. The van der Waals surface area contributed by atoms with Crippen molar-refractivity contribution in [1.82, 2.24) is 19.3 Å². The number of benzene rings is 1. The van der Waals surface area contributed by atoms with E-state index >= 15 is 0 Å². The number of fused-ring (bicyclic) bond motifs is 2. The lowest BCUT2D eigenvalue weighted by molar-refractivity contribution is 0.132. The lowest BCUT2D eigenvalue weighted by atomic mass is 10.1. The molecule has 1 aliphatic heterocycles. The van der Waals surface area contributed by atoms with E-state index in [1.165, 1.54) is 0 Å². The molecule has 0 amide bonds. The summed E-state index contributed by atoms with van der Waals surface area (Å²) in [6, 6.07) is 8.95. The van der Waals surface area contributed by atoms with E-state index in [0.29, 0.717) is 28.9 Å². The van der Waals surface area contributed by atoms with E-state index in [1.807, 2.05) is 48.8 Å². The summed E-state index contributed by atoms with van der Waals surface area (Å²) in [5, 5.41) is 1.46. The van der Waals surface area contributed by atoms with Crippen molar-refractivity contribution in [2.45, 2.75) is 53.1 Å². The highest BCUT2D eigenvalue weighted by Gasteiger charge is 2.29. The zero-order valence-corrected chi connectivity index (χ0v) is 20.0. The van der Waals surface area contributed by atoms with Gasteiger partial charge >= 0.3 is 5.63 Å². The Balaban J connectivity index is 1.49. The van der Waals surface area contributed by atoms with Gasteiger partial charge in [0.05, 0.1) is 16.8 Å². The highest BCUT2D eigenvalue weighted by atomic mass is 16.4. The first-order valence-electron chi connectivity index (χ1n) is 11.8. The summed E-state index contributed by atoms with van der Waals surface area (Å²) < 4.78 is 7.66. The van der Waals surface area contributed by atoms with Crippen molar-refractivity contribution in [3.63, 3.8) is 0 Å². The van der Waals surface area contributed by atoms with Crippen molar-refractivity contribution in [2.24, 2.45) is 0 Å². The van der Waals surface area contributed by atoms with Gasteiger partial charge in [0, 0.05) is 43.3 Å². The number of anilines is 1.